The molecule has 27 heavy (non-hydrogen) atoms. The van der Waals surface area contributed by atoms with Gasteiger partial charge in [0.05, 0.1) is 5.56 Å². The average molecular weight is 387 g/mol. The van der Waals surface area contributed by atoms with E-state index in [0.29, 0.717) is 27.5 Å². The molecule has 4 rings (SSSR count). The van der Waals surface area contributed by atoms with Gasteiger partial charge < -0.3 is 10.6 Å². The number of halogens is 1. The van der Waals surface area contributed by atoms with Crippen LogP contribution in [0.25, 0.3) is 11.1 Å². The maximum atomic E-state index is 13.0. The molecular weight excluding hydrogens is 360 g/mol. The van der Waals surface area contributed by atoms with E-state index < -0.39 is 0 Å². The molecule has 1 aromatic carbocycles. The quantitative estimate of drug-likeness (QED) is 0.844. The molecule has 2 N–H and O–H groups in total. The second kappa shape index (κ2) is 6.86. The van der Waals surface area contributed by atoms with E-state index in [1.807, 2.05) is 12.1 Å². The minimum absolute atomic E-state index is 0.130. The molecule has 1 spiro atoms. The van der Waals surface area contributed by atoms with Crippen LogP contribution in [-0.2, 0) is 7.05 Å². The summed E-state index contributed by atoms with van der Waals surface area (Å²) in [4.78, 5) is 19.9. The molecule has 144 valence electrons. The van der Waals surface area contributed by atoms with Gasteiger partial charge in [-0.25, -0.2) is 0 Å². The molecule has 1 atom stereocenters. The first kappa shape index (κ1) is 18.4. The van der Waals surface area contributed by atoms with Crippen LogP contribution < -0.4 is 16.2 Å². The molecule has 6 heteroatoms. The number of nitrogen functional groups attached to an aromatic ring is 1. The molecule has 1 saturated heterocycles. The van der Waals surface area contributed by atoms with E-state index in [9.17, 15) is 4.79 Å². The molecule has 1 aliphatic heterocycles. The fourth-order valence-electron chi connectivity index (χ4n) is 4.94. The Morgan fingerprint density at radius 3 is 2.63 bits per heavy atom. The predicted octanol–water partition coefficient (Wildman–Crippen LogP) is 4.09. The summed E-state index contributed by atoms with van der Waals surface area (Å²) in [5.74, 6) is 1.78. The van der Waals surface area contributed by atoms with Gasteiger partial charge in [0, 0.05) is 25.2 Å². The van der Waals surface area contributed by atoms with Crippen molar-refractivity contribution >= 4 is 23.4 Å². The van der Waals surface area contributed by atoms with Crippen LogP contribution in [-0.4, -0.2) is 22.6 Å². The van der Waals surface area contributed by atoms with Gasteiger partial charge in [-0.1, -0.05) is 37.1 Å². The Kier molecular flexibility index (Phi) is 4.66. The van der Waals surface area contributed by atoms with Crippen molar-refractivity contribution in [1.82, 2.24) is 9.55 Å². The Hall–Kier alpha value is -2.01. The van der Waals surface area contributed by atoms with E-state index in [-0.39, 0.29) is 11.4 Å². The maximum Gasteiger partial charge on any atom is 0.264 e. The van der Waals surface area contributed by atoms with Crippen LogP contribution in [0.3, 0.4) is 0 Å². The zero-order chi connectivity index (χ0) is 19.2. The number of nitrogens with two attached hydrogens (primary N) is 1. The van der Waals surface area contributed by atoms with Gasteiger partial charge in [-0.05, 0) is 54.7 Å². The summed E-state index contributed by atoms with van der Waals surface area (Å²) in [6.07, 6.45) is 6.36. The van der Waals surface area contributed by atoms with Gasteiger partial charge in [0.2, 0.25) is 5.95 Å². The molecule has 0 radical (unpaired) electrons. The van der Waals surface area contributed by atoms with Crippen molar-refractivity contribution < 1.29 is 0 Å². The number of anilines is 2. The number of aromatic nitrogens is 2. The molecule has 2 aliphatic rings. The SMILES string of the molecule is C[C@H]1CCC2(CCN(c3nc(N)c(-c4cccc(Cl)c4)c(=O)n3C)CC2)C1. The Morgan fingerprint density at radius 1 is 1.26 bits per heavy atom. The van der Waals surface area contributed by atoms with Crippen LogP contribution in [0.15, 0.2) is 29.1 Å². The lowest BCUT2D eigenvalue weighted by Gasteiger charge is -2.40. The van der Waals surface area contributed by atoms with Gasteiger partial charge >= 0.3 is 0 Å². The summed E-state index contributed by atoms with van der Waals surface area (Å²) < 4.78 is 1.63. The number of rotatable bonds is 2. The monoisotopic (exact) mass is 386 g/mol. The van der Waals surface area contributed by atoms with Gasteiger partial charge in [0.1, 0.15) is 5.82 Å². The van der Waals surface area contributed by atoms with E-state index in [0.717, 1.165) is 19.0 Å². The Morgan fingerprint density at radius 2 is 2.00 bits per heavy atom. The number of nitrogens with zero attached hydrogens (tertiary/aromatic N) is 3. The summed E-state index contributed by atoms with van der Waals surface area (Å²) >= 11 is 6.08. The summed E-state index contributed by atoms with van der Waals surface area (Å²) in [7, 11) is 1.78. The van der Waals surface area contributed by atoms with Gasteiger partial charge in [-0.2, -0.15) is 4.98 Å². The number of benzene rings is 1. The summed E-state index contributed by atoms with van der Waals surface area (Å²) in [5, 5.41) is 0.574. The molecule has 2 aromatic rings. The average Bonchev–Trinajstić information content (AvgIpc) is 2.99. The maximum absolute atomic E-state index is 13.0. The van der Waals surface area contributed by atoms with Crippen LogP contribution in [0.5, 0.6) is 0 Å². The van der Waals surface area contributed by atoms with Crippen molar-refractivity contribution in [2.75, 3.05) is 23.7 Å². The fourth-order valence-corrected chi connectivity index (χ4v) is 5.13. The van der Waals surface area contributed by atoms with E-state index in [4.69, 9.17) is 17.3 Å². The largest absolute Gasteiger partial charge is 0.383 e. The van der Waals surface area contributed by atoms with Gasteiger partial charge in [-0.15, -0.1) is 0 Å². The predicted molar refractivity (Wildman–Crippen MR) is 111 cm³/mol. The second-order valence-corrected chi connectivity index (χ2v) is 8.82. The van der Waals surface area contributed by atoms with E-state index >= 15 is 0 Å². The van der Waals surface area contributed by atoms with Crippen LogP contribution in [0.2, 0.25) is 5.02 Å². The Bertz CT molecular complexity index is 915. The van der Waals surface area contributed by atoms with Crippen molar-refractivity contribution in [2.24, 2.45) is 18.4 Å². The van der Waals surface area contributed by atoms with Gasteiger partial charge in [0.25, 0.3) is 5.56 Å². The summed E-state index contributed by atoms with van der Waals surface area (Å²) in [5.41, 5.74) is 7.71. The number of hydrogen-bond acceptors (Lipinski definition) is 4. The summed E-state index contributed by atoms with van der Waals surface area (Å²) in [6.45, 7) is 4.23. The van der Waals surface area contributed by atoms with Gasteiger partial charge in [-0.3, -0.25) is 9.36 Å². The first-order chi connectivity index (χ1) is 12.9. The molecule has 0 unspecified atom stereocenters. The van der Waals surface area contributed by atoms with Crippen LogP contribution in [0.1, 0.15) is 39.0 Å². The van der Waals surface area contributed by atoms with Crippen molar-refractivity contribution in [3.8, 4) is 11.1 Å². The fraction of sp³-hybridized carbons (Fsp3) is 0.524. The molecule has 1 saturated carbocycles. The van der Waals surface area contributed by atoms with Crippen LogP contribution in [0, 0.1) is 11.3 Å². The standard InChI is InChI=1S/C21H27ClN4O/c1-14-6-7-21(13-14)8-10-26(11-9-21)20-24-18(23)17(19(27)25(20)2)15-4-3-5-16(22)12-15/h3-5,12,14H,6-11,13,23H2,1-2H3/t14-/m0/s1. The first-order valence-electron chi connectivity index (χ1n) is 9.76. The molecule has 0 bridgehead atoms. The molecule has 2 fully saturated rings. The van der Waals surface area contributed by atoms with Crippen LogP contribution >= 0.6 is 11.6 Å². The minimum Gasteiger partial charge on any atom is -0.383 e. The number of hydrogen-bond donors (Lipinski definition) is 1. The molecule has 1 aliphatic carbocycles. The van der Waals surface area contributed by atoms with Crippen molar-refractivity contribution in [1.29, 1.82) is 0 Å². The van der Waals surface area contributed by atoms with Crippen LogP contribution in [0.4, 0.5) is 11.8 Å². The number of piperidine rings is 1. The highest BCUT2D eigenvalue weighted by atomic mass is 35.5. The molecular formula is C21H27ClN4O. The third-order valence-corrected chi connectivity index (χ3v) is 6.70. The highest BCUT2D eigenvalue weighted by Crippen LogP contribution is 2.49. The Labute approximate surface area is 165 Å². The van der Waals surface area contributed by atoms with Gasteiger partial charge in [0.15, 0.2) is 0 Å². The normalized spacial score (nSPS) is 21.7. The van der Waals surface area contributed by atoms with Crippen molar-refractivity contribution in [2.45, 2.75) is 39.0 Å². The first-order valence-corrected chi connectivity index (χ1v) is 10.1. The smallest absolute Gasteiger partial charge is 0.264 e. The topological polar surface area (TPSA) is 64.2 Å². The highest BCUT2D eigenvalue weighted by molar-refractivity contribution is 6.30. The lowest BCUT2D eigenvalue weighted by atomic mass is 9.76. The minimum atomic E-state index is -0.130. The van der Waals surface area contributed by atoms with Crippen molar-refractivity contribution in [3.63, 3.8) is 0 Å². The highest BCUT2D eigenvalue weighted by Gasteiger charge is 2.40. The Balaban J connectivity index is 1.63. The zero-order valence-corrected chi connectivity index (χ0v) is 16.8. The van der Waals surface area contributed by atoms with Crippen molar-refractivity contribution in [3.05, 3.63) is 39.6 Å². The third-order valence-electron chi connectivity index (χ3n) is 6.46. The molecule has 1 aromatic heterocycles. The lowest BCUT2D eigenvalue weighted by Crippen LogP contribution is -2.42. The lowest BCUT2D eigenvalue weighted by molar-refractivity contribution is 0.217. The molecule has 5 nitrogen and oxygen atoms in total. The third kappa shape index (κ3) is 3.33. The zero-order valence-electron chi connectivity index (χ0n) is 16.0. The molecule has 2 heterocycles. The van der Waals surface area contributed by atoms with E-state index in [1.54, 1.807) is 23.7 Å². The summed E-state index contributed by atoms with van der Waals surface area (Å²) in [6, 6.07) is 7.19. The van der Waals surface area contributed by atoms with E-state index in [1.165, 1.54) is 32.1 Å². The second-order valence-electron chi connectivity index (χ2n) is 8.38. The van der Waals surface area contributed by atoms with E-state index in [2.05, 4.69) is 16.8 Å². The molecule has 0 amide bonds.